The average molecular weight is 197 g/mol. The molecule has 3 nitrogen and oxygen atoms in total. The first kappa shape index (κ1) is 9.43. The molecule has 1 aliphatic heterocycles. The number of benzene rings is 1. The minimum atomic E-state index is -0.428. The van der Waals surface area contributed by atoms with Crippen LogP contribution in [0.15, 0.2) is 18.2 Å². The Kier molecular flexibility index (Phi) is 2.65. The van der Waals surface area contributed by atoms with E-state index in [2.05, 4.69) is 5.32 Å². The van der Waals surface area contributed by atoms with Gasteiger partial charge in [0.15, 0.2) is 0 Å². The Morgan fingerprint density at radius 3 is 3.00 bits per heavy atom. The quantitative estimate of drug-likeness (QED) is 0.710. The second kappa shape index (κ2) is 3.94. The molecule has 0 amide bonds. The van der Waals surface area contributed by atoms with E-state index in [0.717, 1.165) is 12.6 Å². The molecule has 1 aliphatic rings. The molecule has 1 aromatic rings. The summed E-state index contributed by atoms with van der Waals surface area (Å²) in [6.07, 6.45) is 0. The first-order valence-corrected chi connectivity index (χ1v) is 4.57. The Balaban J connectivity index is 2.22. The van der Waals surface area contributed by atoms with Crippen molar-refractivity contribution >= 4 is 0 Å². The highest BCUT2D eigenvalue weighted by Crippen LogP contribution is 2.26. The highest BCUT2D eigenvalue weighted by atomic mass is 19.1. The number of phenols is 1. The van der Waals surface area contributed by atoms with Gasteiger partial charge >= 0.3 is 0 Å². The molecule has 1 aromatic carbocycles. The third kappa shape index (κ3) is 1.86. The number of rotatable bonds is 1. The number of hydrogen-bond acceptors (Lipinski definition) is 3. The summed E-state index contributed by atoms with van der Waals surface area (Å²) in [5, 5.41) is 12.7. The first-order valence-electron chi connectivity index (χ1n) is 4.57. The molecule has 0 aromatic heterocycles. The minimum Gasteiger partial charge on any atom is -0.508 e. The van der Waals surface area contributed by atoms with Crippen LogP contribution in [-0.4, -0.2) is 24.9 Å². The van der Waals surface area contributed by atoms with Crippen LogP contribution >= 0.6 is 0 Å². The molecule has 1 atom stereocenters. The van der Waals surface area contributed by atoms with Gasteiger partial charge in [-0.3, -0.25) is 0 Å². The molecule has 0 bridgehead atoms. The number of hydrogen-bond donors (Lipinski definition) is 2. The van der Waals surface area contributed by atoms with Crippen molar-refractivity contribution in [1.29, 1.82) is 0 Å². The van der Waals surface area contributed by atoms with E-state index in [1.165, 1.54) is 6.07 Å². The summed E-state index contributed by atoms with van der Waals surface area (Å²) in [4.78, 5) is 0. The predicted octanol–water partition coefficient (Wildman–Crippen LogP) is 1.19. The standard InChI is InChI=1S/C10H12FNO2/c11-7-1-2-8(10(13)5-7)9-6-14-4-3-12-9/h1-2,5,9,12-13H,3-4,6H2/t9-/m1/s1. The Bertz CT molecular complexity index is 324. The van der Waals surface area contributed by atoms with Gasteiger partial charge in [0.2, 0.25) is 0 Å². The molecule has 14 heavy (non-hydrogen) atoms. The molecule has 0 unspecified atom stereocenters. The lowest BCUT2D eigenvalue weighted by Crippen LogP contribution is -2.34. The van der Waals surface area contributed by atoms with Crippen molar-refractivity contribution in [2.24, 2.45) is 0 Å². The summed E-state index contributed by atoms with van der Waals surface area (Å²) in [5.74, 6) is -0.448. The Labute approximate surface area is 81.5 Å². The van der Waals surface area contributed by atoms with Crippen LogP contribution in [-0.2, 0) is 4.74 Å². The number of nitrogens with one attached hydrogen (secondary N) is 1. The third-order valence-corrected chi connectivity index (χ3v) is 2.29. The van der Waals surface area contributed by atoms with Crippen LogP contribution in [0.2, 0.25) is 0 Å². The zero-order valence-corrected chi connectivity index (χ0v) is 7.66. The molecule has 0 saturated carbocycles. The Hall–Kier alpha value is -1.13. The minimum absolute atomic E-state index is 0.0204. The van der Waals surface area contributed by atoms with E-state index < -0.39 is 5.82 Å². The van der Waals surface area contributed by atoms with Crippen LogP contribution < -0.4 is 5.32 Å². The number of halogens is 1. The highest BCUT2D eigenvalue weighted by Gasteiger charge is 2.18. The molecule has 1 fully saturated rings. The lowest BCUT2D eigenvalue weighted by molar-refractivity contribution is 0.0760. The fourth-order valence-corrected chi connectivity index (χ4v) is 1.58. The first-order chi connectivity index (χ1) is 6.77. The van der Waals surface area contributed by atoms with Gasteiger partial charge in [-0.15, -0.1) is 0 Å². The van der Waals surface area contributed by atoms with Crippen molar-refractivity contribution in [3.8, 4) is 5.75 Å². The van der Waals surface area contributed by atoms with Gasteiger partial charge in [0.05, 0.1) is 19.3 Å². The third-order valence-electron chi connectivity index (χ3n) is 2.29. The van der Waals surface area contributed by atoms with E-state index in [-0.39, 0.29) is 11.8 Å². The van der Waals surface area contributed by atoms with Crippen LogP contribution in [0.25, 0.3) is 0 Å². The maximum atomic E-state index is 12.7. The van der Waals surface area contributed by atoms with Gasteiger partial charge in [-0.25, -0.2) is 4.39 Å². The molecule has 2 rings (SSSR count). The van der Waals surface area contributed by atoms with Gasteiger partial charge in [0.1, 0.15) is 11.6 Å². The Morgan fingerprint density at radius 1 is 1.50 bits per heavy atom. The van der Waals surface area contributed by atoms with Gasteiger partial charge in [0.25, 0.3) is 0 Å². The molecular weight excluding hydrogens is 185 g/mol. The van der Waals surface area contributed by atoms with Crippen molar-refractivity contribution in [3.05, 3.63) is 29.6 Å². The summed E-state index contributed by atoms with van der Waals surface area (Å²) in [6.45, 7) is 1.94. The fourth-order valence-electron chi connectivity index (χ4n) is 1.58. The van der Waals surface area contributed by atoms with E-state index in [1.807, 2.05) is 0 Å². The lowest BCUT2D eigenvalue weighted by Gasteiger charge is -2.24. The molecule has 76 valence electrons. The van der Waals surface area contributed by atoms with Gasteiger partial charge in [-0.1, -0.05) is 6.07 Å². The number of phenolic OH excluding ortho intramolecular Hbond substituents is 1. The van der Waals surface area contributed by atoms with E-state index in [9.17, 15) is 9.50 Å². The zero-order chi connectivity index (χ0) is 9.97. The van der Waals surface area contributed by atoms with Gasteiger partial charge in [0, 0.05) is 18.2 Å². The van der Waals surface area contributed by atoms with Crippen LogP contribution in [0.1, 0.15) is 11.6 Å². The van der Waals surface area contributed by atoms with Crippen molar-refractivity contribution < 1.29 is 14.2 Å². The van der Waals surface area contributed by atoms with E-state index in [1.54, 1.807) is 6.07 Å². The van der Waals surface area contributed by atoms with Gasteiger partial charge in [-0.2, -0.15) is 0 Å². The monoisotopic (exact) mass is 197 g/mol. The van der Waals surface area contributed by atoms with Gasteiger partial charge < -0.3 is 15.2 Å². The molecule has 0 aliphatic carbocycles. The normalized spacial score (nSPS) is 22.2. The van der Waals surface area contributed by atoms with Crippen molar-refractivity contribution in [2.75, 3.05) is 19.8 Å². The average Bonchev–Trinajstić information content (AvgIpc) is 2.19. The Morgan fingerprint density at radius 2 is 2.36 bits per heavy atom. The molecular formula is C10H12FNO2. The van der Waals surface area contributed by atoms with Crippen LogP contribution in [0.3, 0.4) is 0 Å². The van der Waals surface area contributed by atoms with Crippen molar-refractivity contribution in [2.45, 2.75) is 6.04 Å². The topological polar surface area (TPSA) is 41.5 Å². The largest absolute Gasteiger partial charge is 0.508 e. The summed E-state index contributed by atoms with van der Waals surface area (Å²) in [5.41, 5.74) is 0.686. The van der Waals surface area contributed by atoms with Crippen LogP contribution in [0, 0.1) is 5.82 Å². The summed E-state index contributed by atoms with van der Waals surface area (Å²) in [7, 11) is 0. The SMILES string of the molecule is Oc1cc(F)ccc1[C@H]1COCCN1. The van der Waals surface area contributed by atoms with Crippen LogP contribution in [0.4, 0.5) is 4.39 Å². The smallest absolute Gasteiger partial charge is 0.126 e. The molecule has 0 radical (unpaired) electrons. The molecule has 0 spiro atoms. The number of morpholine rings is 1. The molecule has 1 saturated heterocycles. The van der Waals surface area contributed by atoms with Crippen LogP contribution in [0.5, 0.6) is 5.75 Å². The second-order valence-corrected chi connectivity index (χ2v) is 3.28. The second-order valence-electron chi connectivity index (χ2n) is 3.28. The van der Waals surface area contributed by atoms with E-state index >= 15 is 0 Å². The predicted molar refractivity (Wildman–Crippen MR) is 49.6 cm³/mol. The molecule has 1 heterocycles. The van der Waals surface area contributed by atoms with Crippen molar-refractivity contribution in [1.82, 2.24) is 5.32 Å². The summed E-state index contributed by atoms with van der Waals surface area (Å²) in [6, 6.07) is 4.00. The van der Waals surface area contributed by atoms with Gasteiger partial charge in [-0.05, 0) is 6.07 Å². The maximum Gasteiger partial charge on any atom is 0.126 e. The summed E-state index contributed by atoms with van der Waals surface area (Å²) < 4.78 is 18.0. The number of aromatic hydroxyl groups is 1. The van der Waals surface area contributed by atoms with E-state index in [4.69, 9.17) is 4.74 Å². The molecule has 2 N–H and O–H groups in total. The van der Waals surface area contributed by atoms with E-state index in [0.29, 0.717) is 18.8 Å². The molecule has 4 heteroatoms. The van der Waals surface area contributed by atoms with Crippen molar-refractivity contribution in [3.63, 3.8) is 0 Å². The fraction of sp³-hybridized carbons (Fsp3) is 0.400. The zero-order valence-electron chi connectivity index (χ0n) is 7.66. The highest BCUT2D eigenvalue weighted by molar-refractivity contribution is 5.35. The number of ether oxygens (including phenoxy) is 1. The maximum absolute atomic E-state index is 12.7. The lowest BCUT2D eigenvalue weighted by atomic mass is 10.1. The summed E-state index contributed by atoms with van der Waals surface area (Å²) >= 11 is 0.